The van der Waals surface area contributed by atoms with Gasteiger partial charge in [-0.2, -0.15) is 0 Å². The molecule has 3 aromatic rings. The van der Waals surface area contributed by atoms with Crippen LogP contribution in [-0.2, 0) is 9.59 Å². The zero-order valence-corrected chi connectivity index (χ0v) is 15.5. The van der Waals surface area contributed by atoms with E-state index in [1.54, 1.807) is 4.90 Å². The molecule has 0 spiro atoms. The van der Waals surface area contributed by atoms with Crippen molar-refractivity contribution in [2.75, 3.05) is 16.8 Å². The number of hydrogen-bond acceptors (Lipinski definition) is 2. The molecule has 1 aliphatic rings. The molecule has 3 aromatic carbocycles. The van der Waals surface area contributed by atoms with Gasteiger partial charge in [-0.3, -0.25) is 9.59 Å². The van der Waals surface area contributed by atoms with Crippen LogP contribution in [0.2, 0.25) is 0 Å². The first-order valence-electron chi connectivity index (χ1n) is 9.20. The van der Waals surface area contributed by atoms with Crippen molar-refractivity contribution in [3.8, 4) is 0 Å². The Morgan fingerprint density at radius 2 is 1.74 bits per heavy atom. The van der Waals surface area contributed by atoms with Crippen molar-refractivity contribution in [2.24, 2.45) is 5.92 Å². The van der Waals surface area contributed by atoms with Crippen molar-refractivity contribution in [3.63, 3.8) is 0 Å². The molecule has 1 saturated heterocycles. The van der Waals surface area contributed by atoms with Crippen LogP contribution in [0.5, 0.6) is 0 Å². The van der Waals surface area contributed by atoms with E-state index in [1.807, 2.05) is 74.5 Å². The number of anilines is 2. The van der Waals surface area contributed by atoms with E-state index in [0.717, 1.165) is 33.3 Å². The van der Waals surface area contributed by atoms with Gasteiger partial charge in [-0.25, -0.2) is 0 Å². The number of hydrogen-bond donors (Lipinski definition) is 1. The lowest BCUT2D eigenvalue weighted by molar-refractivity contribution is -0.122. The second-order valence-electron chi connectivity index (χ2n) is 7.14. The predicted octanol–water partition coefficient (Wildman–Crippen LogP) is 4.45. The maximum Gasteiger partial charge on any atom is 0.229 e. The van der Waals surface area contributed by atoms with Gasteiger partial charge in [0.2, 0.25) is 11.8 Å². The van der Waals surface area contributed by atoms with Gasteiger partial charge in [0.15, 0.2) is 0 Å². The lowest BCUT2D eigenvalue weighted by Crippen LogP contribution is -2.28. The first-order valence-corrected chi connectivity index (χ1v) is 9.20. The SMILES string of the molecule is Cc1cccc(NC(=O)[C@@H]2CC(=O)N(c3cccc4ccccc34)C2)c1C. The van der Waals surface area contributed by atoms with Crippen molar-refractivity contribution < 1.29 is 9.59 Å². The van der Waals surface area contributed by atoms with Crippen molar-refractivity contribution in [2.45, 2.75) is 20.3 Å². The zero-order valence-electron chi connectivity index (χ0n) is 15.5. The number of nitrogens with one attached hydrogen (secondary N) is 1. The lowest BCUT2D eigenvalue weighted by Gasteiger charge is -2.19. The molecule has 4 rings (SSSR count). The van der Waals surface area contributed by atoms with Crippen LogP contribution in [0, 0.1) is 19.8 Å². The van der Waals surface area contributed by atoms with Crippen LogP contribution in [0.1, 0.15) is 17.5 Å². The molecule has 1 N–H and O–H groups in total. The van der Waals surface area contributed by atoms with Crippen LogP contribution in [0.3, 0.4) is 0 Å². The fourth-order valence-electron chi connectivity index (χ4n) is 3.68. The van der Waals surface area contributed by atoms with Gasteiger partial charge in [0.05, 0.1) is 11.6 Å². The molecule has 1 fully saturated rings. The predicted molar refractivity (Wildman–Crippen MR) is 109 cm³/mol. The van der Waals surface area contributed by atoms with Crippen LogP contribution < -0.4 is 10.2 Å². The van der Waals surface area contributed by atoms with Crippen LogP contribution in [-0.4, -0.2) is 18.4 Å². The summed E-state index contributed by atoms with van der Waals surface area (Å²) in [5, 5.41) is 5.13. The van der Waals surface area contributed by atoms with Crippen molar-refractivity contribution in [3.05, 3.63) is 71.8 Å². The van der Waals surface area contributed by atoms with Crippen LogP contribution in [0.15, 0.2) is 60.7 Å². The minimum absolute atomic E-state index is 0.00697. The molecule has 4 nitrogen and oxygen atoms in total. The second-order valence-corrected chi connectivity index (χ2v) is 7.14. The van der Waals surface area contributed by atoms with Crippen LogP contribution in [0.25, 0.3) is 10.8 Å². The number of amides is 2. The quantitative estimate of drug-likeness (QED) is 0.752. The molecule has 0 saturated carbocycles. The summed E-state index contributed by atoms with van der Waals surface area (Å²) in [5.41, 5.74) is 3.88. The van der Waals surface area contributed by atoms with E-state index in [-0.39, 0.29) is 24.2 Å². The van der Waals surface area contributed by atoms with Gasteiger partial charge >= 0.3 is 0 Å². The summed E-state index contributed by atoms with van der Waals surface area (Å²) in [6, 6.07) is 19.8. The molecule has 136 valence electrons. The molecule has 27 heavy (non-hydrogen) atoms. The second kappa shape index (κ2) is 6.88. The largest absolute Gasteiger partial charge is 0.326 e. The minimum Gasteiger partial charge on any atom is -0.326 e. The molecular weight excluding hydrogens is 336 g/mol. The highest BCUT2D eigenvalue weighted by Crippen LogP contribution is 2.32. The minimum atomic E-state index is -0.351. The highest BCUT2D eigenvalue weighted by Gasteiger charge is 2.35. The molecule has 0 unspecified atom stereocenters. The molecule has 1 atom stereocenters. The molecule has 0 bridgehead atoms. The third-order valence-corrected chi connectivity index (χ3v) is 5.42. The Morgan fingerprint density at radius 3 is 2.59 bits per heavy atom. The van der Waals surface area contributed by atoms with Crippen molar-refractivity contribution in [1.82, 2.24) is 0 Å². The molecule has 0 radical (unpaired) electrons. The highest BCUT2D eigenvalue weighted by atomic mass is 16.2. The Hall–Kier alpha value is -3.14. The normalized spacial score (nSPS) is 16.7. The van der Waals surface area contributed by atoms with Gasteiger partial charge in [0, 0.05) is 24.0 Å². The maximum atomic E-state index is 12.8. The van der Waals surface area contributed by atoms with Gasteiger partial charge in [0.25, 0.3) is 0 Å². The van der Waals surface area contributed by atoms with Crippen molar-refractivity contribution >= 4 is 34.0 Å². The highest BCUT2D eigenvalue weighted by molar-refractivity contribution is 6.08. The lowest BCUT2D eigenvalue weighted by atomic mass is 10.1. The van der Waals surface area contributed by atoms with Gasteiger partial charge in [-0.15, -0.1) is 0 Å². The zero-order chi connectivity index (χ0) is 19.0. The number of aryl methyl sites for hydroxylation is 1. The number of carbonyl (C=O) groups is 2. The Morgan fingerprint density at radius 1 is 1.00 bits per heavy atom. The number of carbonyl (C=O) groups excluding carboxylic acids is 2. The molecular formula is C23H22N2O2. The molecule has 1 aliphatic heterocycles. The standard InChI is InChI=1S/C23H22N2O2/c1-15-7-5-11-20(16(15)2)24-23(27)18-13-22(26)25(14-18)21-12-6-9-17-8-3-4-10-19(17)21/h3-12,18H,13-14H2,1-2H3,(H,24,27)/t18-/m1/s1. The van der Waals surface area contributed by atoms with E-state index < -0.39 is 0 Å². The monoisotopic (exact) mass is 358 g/mol. The Kier molecular flexibility index (Phi) is 4.40. The van der Waals surface area contributed by atoms with E-state index >= 15 is 0 Å². The van der Waals surface area contributed by atoms with E-state index in [2.05, 4.69) is 5.32 Å². The van der Waals surface area contributed by atoms with Crippen molar-refractivity contribution in [1.29, 1.82) is 0 Å². The summed E-state index contributed by atoms with van der Waals surface area (Å²) < 4.78 is 0. The fourth-order valence-corrected chi connectivity index (χ4v) is 3.68. The fraction of sp³-hybridized carbons (Fsp3) is 0.217. The number of fused-ring (bicyclic) bond motifs is 1. The average molecular weight is 358 g/mol. The number of rotatable bonds is 3. The van der Waals surface area contributed by atoms with Gasteiger partial charge in [-0.05, 0) is 42.5 Å². The first kappa shape index (κ1) is 17.3. The smallest absolute Gasteiger partial charge is 0.229 e. The van der Waals surface area contributed by atoms with Gasteiger partial charge in [-0.1, -0.05) is 48.5 Å². The molecule has 1 heterocycles. The third kappa shape index (κ3) is 3.19. The maximum absolute atomic E-state index is 12.8. The molecule has 0 aliphatic carbocycles. The van der Waals surface area contributed by atoms with E-state index in [1.165, 1.54) is 0 Å². The Balaban J connectivity index is 1.57. The van der Waals surface area contributed by atoms with Crippen LogP contribution in [0.4, 0.5) is 11.4 Å². The summed E-state index contributed by atoms with van der Waals surface area (Å²) in [6.07, 6.45) is 0.236. The summed E-state index contributed by atoms with van der Waals surface area (Å²) >= 11 is 0. The van der Waals surface area contributed by atoms with E-state index in [0.29, 0.717) is 6.54 Å². The summed E-state index contributed by atoms with van der Waals surface area (Å²) in [7, 11) is 0. The van der Waals surface area contributed by atoms with Gasteiger partial charge in [0.1, 0.15) is 0 Å². The Bertz CT molecular complexity index is 1040. The molecule has 4 heteroatoms. The Labute approximate surface area is 158 Å². The van der Waals surface area contributed by atoms with Crippen LogP contribution >= 0.6 is 0 Å². The third-order valence-electron chi connectivity index (χ3n) is 5.42. The number of benzene rings is 3. The van der Waals surface area contributed by atoms with E-state index in [4.69, 9.17) is 0 Å². The average Bonchev–Trinajstić information content (AvgIpc) is 3.06. The topological polar surface area (TPSA) is 49.4 Å². The summed E-state index contributed by atoms with van der Waals surface area (Å²) in [6.45, 7) is 4.42. The van der Waals surface area contributed by atoms with Gasteiger partial charge < -0.3 is 10.2 Å². The van der Waals surface area contributed by atoms with E-state index in [9.17, 15) is 9.59 Å². The number of nitrogens with zero attached hydrogens (tertiary/aromatic N) is 1. The summed E-state index contributed by atoms with van der Waals surface area (Å²) in [5.74, 6) is -0.455. The molecule has 2 amide bonds. The first-order chi connectivity index (χ1) is 13.0. The molecule has 0 aromatic heterocycles. The summed E-state index contributed by atoms with van der Waals surface area (Å²) in [4.78, 5) is 27.2.